The van der Waals surface area contributed by atoms with Crippen LogP contribution in [-0.4, -0.2) is 45.7 Å². The largest absolute Gasteiger partial charge is 0.492 e. The minimum absolute atomic E-state index is 0.212. The summed E-state index contributed by atoms with van der Waals surface area (Å²) in [5.74, 6) is 0.551. The van der Waals surface area contributed by atoms with E-state index in [0.717, 1.165) is 0 Å². The van der Waals surface area contributed by atoms with Gasteiger partial charge in [-0.05, 0) is 36.4 Å². The number of nitrogens with zero attached hydrogens (tertiary/aromatic N) is 1. The van der Waals surface area contributed by atoms with Crippen molar-refractivity contribution in [3.63, 3.8) is 0 Å². The second-order valence-electron chi connectivity index (χ2n) is 5.24. The lowest BCUT2D eigenvalue weighted by molar-refractivity contribution is 0.153. The first-order chi connectivity index (χ1) is 11.6. The van der Waals surface area contributed by atoms with Gasteiger partial charge in [0.1, 0.15) is 19.0 Å². The van der Waals surface area contributed by atoms with Crippen molar-refractivity contribution < 1.29 is 22.7 Å². The fourth-order valence-electron chi connectivity index (χ4n) is 2.35. The Labute approximate surface area is 140 Å². The molecule has 1 fully saturated rings. The van der Waals surface area contributed by atoms with Crippen LogP contribution >= 0.6 is 0 Å². The maximum absolute atomic E-state index is 12.5. The van der Waals surface area contributed by atoms with Crippen molar-refractivity contribution in [3.8, 4) is 5.75 Å². The summed E-state index contributed by atoms with van der Waals surface area (Å²) < 4.78 is 35.3. The lowest BCUT2D eigenvalue weighted by atomic mass is 10.3. The van der Waals surface area contributed by atoms with Gasteiger partial charge in [0.15, 0.2) is 0 Å². The van der Waals surface area contributed by atoms with E-state index in [9.17, 15) is 13.2 Å². The number of hydrogen-bond acceptors (Lipinski definition) is 5. The molecule has 1 aliphatic rings. The van der Waals surface area contributed by atoms with E-state index in [4.69, 9.17) is 9.47 Å². The first-order valence-electron chi connectivity index (χ1n) is 7.52. The average Bonchev–Trinajstić information content (AvgIpc) is 3.01. The first kappa shape index (κ1) is 16.3. The third-order valence-corrected chi connectivity index (χ3v) is 5.45. The van der Waals surface area contributed by atoms with E-state index >= 15 is 0 Å². The molecule has 0 N–H and O–H groups in total. The molecule has 0 unspecified atom stereocenters. The SMILES string of the molecule is O=C1OCCN1CCOc1ccc(S(=O)(=O)c2ccccc2)cc1. The Kier molecular flexibility index (Phi) is 4.71. The molecular formula is C17H17NO5S. The zero-order valence-electron chi connectivity index (χ0n) is 12.9. The quantitative estimate of drug-likeness (QED) is 0.802. The third-order valence-electron chi connectivity index (χ3n) is 3.66. The van der Waals surface area contributed by atoms with Crippen molar-refractivity contribution in [2.75, 3.05) is 26.3 Å². The predicted octanol–water partition coefficient (Wildman–Crippen LogP) is 2.35. The van der Waals surface area contributed by atoms with Crippen molar-refractivity contribution >= 4 is 15.9 Å². The van der Waals surface area contributed by atoms with E-state index in [-0.39, 0.29) is 15.9 Å². The van der Waals surface area contributed by atoms with Gasteiger partial charge in [-0.15, -0.1) is 0 Å². The number of cyclic esters (lactones) is 1. The Morgan fingerprint density at radius 3 is 2.29 bits per heavy atom. The Hall–Kier alpha value is -2.54. The number of hydrogen-bond donors (Lipinski definition) is 0. The van der Waals surface area contributed by atoms with Gasteiger partial charge in [-0.2, -0.15) is 0 Å². The molecule has 1 heterocycles. The standard InChI is InChI=1S/C17H17NO5S/c19-17-18(11-13-23-17)10-12-22-14-6-8-16(9-7-14)24(20,21)15-4-2-1-3-5-15/h1-9H,10-13H2. The van der Waals surface area contributed by atoms with Gasteiger partial charge >= 0.3 is 6.09 Å². The smallest absolute Gasteiger partial charge is 0.410 e. The molecule has 1 saturated heterocycles. The molecule has 7 heteroatoms. The summed E-state index contributed by atoms with van der Waals surface area (Å²) in [6.07, 6.45) is -0.331. The average molecular weight is 347 g/mol. The van der Waals surface area contributed by atoms with Crippen LogP contribution in [0.1, 0.15) is 0 Å². The van der Waals surface area contributed by atoms with Crippen molar-refractivity contribution in [2.45, 2.75) is 9.79 Å². The first-order valence-corrected chi connectivity index (χ1v) is 9.00. The Bertz CT molecular complexity index is 803. The molecule has 1 amide bonds. The minimum atomic E-state index is -3.52. The van der Waals surface area contributed by atoms with Crippen LogP contribution in [0.25, 0.3) is 0 Å². The van der Waals surface area contributed by atoms with E-state index < -0.39 is 9.84 Å². The van der Waals surface area contributed by atoms with E-state index in [2.05, 4.69) is 0 Å². The Balaban J connectivity index is 1.62. The van der Waals surface area contributed by atoms with Crippen molar-refractivity contribution in [1.82, 2.24) is 4.90 Å². The summed E-state index contributed by atoms with van der Waals surface area (Å²) in [6, 6.07) is 14.5. The molecule has 0 aliphatic carbocycles. The molecule has 0 bridgehead atoms. The van der Waals surface area contributed by atoms with Gasteiger partial charge in [0.25, 0.3) is 0 Å². The van der Waals surface area contributed by atoms with Crippen LogP contribution in [0, 0.1) is 0 Å². The number of carbonyl (C=O) groups is 1. The molecule has 24 heavy (non-hydrogen) atoms. The maximum Gasteiger partial charge on any atom is 0.410 e. The maximum atomic E-state index is 12.5. The number of sulfone groups is 1. The molecule has 3 rings (SSSR count). The zero-order valence-corrected chi connectivity index (χ0v) is 13.7. The number of ether oxygens (including phenoxy) is 2. The second-order valence-corrected chi connectivity index (χ2v) is 7.19. The second kappa shape index (κ2) is 6.92. The van der Waals surface area contributed by atoms with Crippen LogP contribution in [0.15, 0.2) is 64.4 Å². The number of carbonyl (C=O) groups excluding carboxylic acids is 1. The van der Waals surface area contributed by atoms with E-state index in [1.807, 2.05) is 0 Å². The number of benzene rings is 2. The number of rotatable bonds is 6. The van der Waals surface area contributed by atoms with Gasteiger partial charge in [-0.3, -0.25) is 0 Å². The van der Waals surface area contributed by atoms with Crippen LogP contribution in [0.5, 0.6) is 5.75 Å². The monoisotopic (exact) mass is 347 g/mol. The van der Waals surface area contributed by atoms with Crippen LogP contribution in [0.2, 0.25) is 0 Å². The fraction of sp³-hybridized carbons (Fsp3) is 0.235. The predicted molar refractivity (Wildman–Crippen MR) is 86.8 cm³/mol. The summed E-state index contributed by atoms with van der Waals surface area (Å²) >= 11 is 0. The van der Waals surface area contributed by atoms with Crippen LogP contribution in [0.3, 0.4) is 0 Å². The van der Waals surface area contributed by atoms with Crippen molar-refractivity contribution in [3.05, 3.63) is 54.6 Å². The fourth-order valence-corrected chi connectivity index (χ4v) is 3.64. The molecule has 0 radical (unpaired) electrons. The molecule has 126 valence electrons. The van der Waals surface area contributed by atoms with Crippen molar-refractivity contribution in [1.29, 1.82) is 0 Å². The Morgan fingerprint density at radius 1 is 1.00 bits per heavy atom. The molecule has 0 saturated carbocycles. The van der Waals surface area contributed by atoms with E-state index in [1.54, 1.807) is 47.4 Å². The molecule has 0 spiro atoms. The van der Waals surface area contributed by atoms with Gasteiger partial charge in [-0.25, -0.2) is 13.2 Å². The molecule has 2 aromatic rings. The Morgan fingerprint density at radius 2 is 1.67 bits per heavy atom. The minimum Gasteiger partial charge on any atom is -0.492 e. The summed E-state index contributed by atoms with van der Waals surface area (Å²) in [7, 11) is -3.52. The molecule has 0 aromatic heterocycles. The lowest BCUT2D eigenvalue weighted by Gasteiger charge is -2.13. The molecule has 0 atom stereocenters. The van der Waals surface area contributed by atoms with Gasteiger partial charge in [0, 0.05) is 0 Å². The van der Waals surface area contributed by atoms with Gasteiger partial charge in [0.05, 0.1) is 22.9 Å². The summed E-state index contributed by atoms with van der Waals surface area (Å²) in [6.45, 7) is 1.73. The van der Waals surface area contributed by atoms with Crippen LogP contribution in [0.4, 0.5) is 4.79 Å². The molecular weight excluding hydrogens is 330 g/mol. The van der Waals surface area contributed by atoms with E-state index in [0.29, 0.717) is 32.1 Å². The van der Waals surface area contributed by atoms with Crippen molar-refractivity contribution in [2.24, 2.45) is 0 Å². The van der Waals surface area contributed by atoms with Crippen LogP contribution in [-0.2, 0) is 14.6 Å². The topological polar surface area (TPSA) is 72.9 Å². The highest BCUT2D eigenvalue weighted by atomic mass is 32.2. The number of amides is 1. The lowest BCUT2D eigenvalue weighted by Crippen LogP contribution is -2.29. The third kappa shape index (κ3) is 3.51. The molecule has 6 nitrogen and oxygen atoms in total. The normalized spacial score (nSPS) is 14.5. The summed E-state index contributed by atoms with van der Waals surface area (Å²) in [5, 5.41) is 0. The molecule has 2 aromatic carbocycles. The molecule has 1 aliphatic heterocycles. The zero-order chi connectivity index (χ0) is 17.0. The summed E-state index contributed by atoms with van der Waals surface area (Å²) in [4.78, 5) is 13.3. The summed E-state index contributed by atoms with van der Waals surface area (Å²) in [5.41, 5.74) is 0. The highest BCUT2D eigenvalue weighted by molar-refractivity contribution is 7.91. The van der Waals surface area contributed by atoms with Gasteiger partial charge < -0.3 is 14.4 Å². The van der Waals surface area contributed by atoms with Crippen LogP contribution < -0.4 is 4.74 Å². The highest BCUT2D eigenvalue weighted by Gasteiger charge is 2.21. The van der Waals surface area contributed by atoms with Gasteiger partial charge in [0.2, 0.25) is 9.84 Å². The van der Waals surface area contributed by atoms with Gasteiger partial charge in [-0.1, -0.05) is 18.2 Å². The highest BCUT2D eigenvalue weighted by Crippen LogP contribution is 2.22. The van der Waals surface area contributed by atoms with E-state index in [1.165, 1.54) is 12.1 Å².